The van der Waals surface area contributed by atoms with Gasteiger partial charge in [-0.15, -0.1) is 10.2 Å². The summed E-state index contributed by atoms with van der Waals surface area (Å²) in [6.07, 6.45) is -4.43. The van der Waals surface area contributed by atoms with Crippen molar-refractivity contribution >= 4 is 0 Å². The molecule has 0 aromatic heterocycles. The Morgan fingerprint density at radius 3 is 2.29 bits per heavy atom. The molecule has 74 valence electrons. The minimum Gasteiger partial charge on any atom is -0.166 e. The van der Waals surface area contributed by atoms with Gasteiger partial charge in [0.1, 0.15) is 0 Å². The molecule has 0 aliphatic carbocycles. The van der Waals surface area contributed by atoms with E-state index in [-0.39, 0.29) is 5.56 Å². The Labute approximate surface area is 78.5 Å². The van der Waals surface area contributed by atoms with Gasteiger partial charge in [0.05, 0.1) is 0 Å². The first-order chi connectivity index (χ1) is 6.46. The van der Waals surface area contributed by atoms with Crippen LogP contribution in [-0.4, -0.2) is 6.18 Å². The second-order valence-electron chi connectivity index (χ2n) is 3.24. The first-order valence-corrected chi connectivity index (χ1v) is 4.04. The number of benzene rings is 1. The highest BCUT2D eigenvalue weighted by Gasteiger charge is 2.65. The fraction of sp³-hybridized carbons (Fsp3) is 0.333. The van der Waals surface area contributed by atoms with E-state index in [4.69, 9.17) is 0 Å². The van der Waals surface area contributed by atoms with Crippen LogP contribution in [0.2, 0.25) is 0 Å². The van der Waals surface area contributed by atoms with Gasteiger partial charge in [-0.1, -0.05) is 29.8 Å². The third-order valence-electron chi connectivity index (χ3n) is 2.12. The van der Waals surface area contributed by atoms with Crippen LogP contribution in [-0.2, 0) is 5.66 Å². The van der Waals surface area contributed by atoms with Gasteiger partial charge in [0.15, 0.2) is 0 Å². The van der Waals surface area contributed by atoms with Crippen LogP contribution in [0.25, 0.3) is 0 Å². The van der Waals surface area contributed by atoms with E-state index in [2.05, 4.69) is 10.2 Å². The lowest BCUT2D eigenvalue weighted by molar-refractivity contribution is -0.166. The number of alkyl halides is 3. The lowest BCUT2D eigenvalue weighted by Crippen LogP contribution is -2.30. The quantitative estimate of drug-likeness (QED) is 0.665. The first kappa shape index (κ1) is 9.18. The van der Waals surface area contributed by atoms with Gasteiger partial charge in [-0.05, 0) is 6.92 Å². The van der Waals surface area contributed by atoms with E-state index in [0.29, 0.717) is 0 Å². The highest BCUT2D eigenvalue weighted by atomic mass is 19.4. The van der Waals surface area contributed by atoms with Crippen molar-refractivity contribution in [2.75, 3.05) is 0 Å². The van der Waals surface area contributed by atoms with Crippen LogP contribution < -0.4 is 0 Å². The third kappa shape index (κ3) is 1.20. The molecule has 1 aromatic rings. The summed E-state index contributed by atoms with van der Waals surface area (Å²) in [6.45, 7) is 1.73. The van der Waals surface area contributed by atoms with E-state index in [0.717, 1.165) is 5.56 Å². The molecule has 0 amide bonds. The van der Waals surface area contributed by atoms with Crippen LogP contribution in [0.5, 0.6) is 0 Å². The molecule has 0 radical (unpaired) electrons. The van der Waals surface area contributed by atoms with Crippen molar-refractivity contribution in [2.45, 2.75) is 18.8 Å². The summed E-state index contributed by atoms with van der Waals surface area (Å²) in [6, 6.07) is 6.14. The maximum absolute atomic E-state index is 12.5. The molecule has 1 aromatic carbocycles. The van der Waals surface area contributed by atoms with E-state index >= 15 is 0 Å². The topological polar surface area (TPSA) is 24.7 Å². The smallest absolute Gasteiger partial charge is 0.166 e. The van der Waals surface area contributed by atoms with Crippen molar-refractivity contribution in [1.29, 1.82) is 0 Å². The zero-order valence-corrected chi connectivity index (χ0v) is 7.34. The van der Waals surface area contributed by atoms with Crippen LogP contribution >= 0.6 is 0 Å². The molecule has 0 spiro atoms. The Balaban J connectivity index is 2.41. The normalized spacial score (nSPS) is 18.3. The molecule has 1 heterocycles. The van der Waals surface area contributed by atoms with Gasteiger partial charge < -0.3 is 0 Å². The molecule has 5 heteroatoms. The van der Waals surface area contributed by atoms with Crippen molar-refractivity contribution in [3.8, 4) is 0 Å². The fourth-order valence-corrected chi connectivity index (χ4v) is 1.30. The molecule has 1 aliphatic heterocycles. The van der Waals surface area contributed by atoms with Crippen molar-refractivity contribution in [2.24, 2.45) is 10.2 Å². The summed E-state index contributed by atoms with van der Waals surface area (Å²) in [5, 5.41) is 6.23. The van der Waals surface area contributed by atoms with Crippen LogP contribution in [0.3, 0.4) is 0 Å². The Morgan fingerprint density at radius 1 is 1.21 bits per heavy atom. The van der Waals surface area contributed by atoms with Crippen molar-refractivity contribution in [3.63, 3.8) is 0 Å². The predicted molar refractivity (Wildman–Crippen MR) is 43.8 cm³/mol. The highest BCUT2D eigenvalue weighted by Crippen LogP contribution is 2.52. The van der Waals surface area contributed by atoms with Crippen molar-refractivity contribution < 1.29 is 13.2 Å². The zero-order valence-electron chi connectivity index (χ0n) is 7.34. The minimum atomic E-state index is -4.43. The molecule has 0 bridgehead atoms. The molecule has 0 fully saturated rings. The summed E-state index contributed by atoms with van der Waals surface area (Å²) in [4.78, 5) is 0. The summed E-state index contributed by atoms with van der Waals surface area (Å²) in [5.74, 6) is 0. The van der Waals surface area contributed by atoms with Gasteiger partial charge in [0.2, 0.25) is 0 Å². The molecule has 0 saturated carbocycles. The highest BCUT2D eigenvalue weighted by molar-refractivity contribution is 5.32. The lowest BCUT2D eigenvalue weighted by Gasteiger charge is -2.14. The molecule has 14 heavy (non-hydrogen) atoms. The van der Waals surface area contributed by atoms with Crippen LogP contribution in [0.15, 0.2) is 34.5 Å². The SMILES string of the molecule is Cc1cccc(C2(C(F)(F)F)N=N2)c1. The Morgan fingerprint density at radius 2 is 1.86 bits per heavy atom. The van der Waals surface area contributed by atoms with E-state index in [1.54, 1.807) is 19.1 Å². The second kappa shape index (κ2) is 2.56. The van der Waals surface area contributed by atoms with Crippen LogP contribution in [0.4, 0.5) is 13.2 Å². The average molecular weight is 200 g/mol. The largest absolute Gasteiger partial charge is 0.442 e. The van der Waals surface area contributed by atoms with E-state index < -0.39 is 11.8 Å². The molecule has 0 unspecified atom stereocenters. The fourth-order valence-electron chi connectivity index (χ4n) is 1.30. The monoisotopic (exact) mass is 200 g/mol. The standard InChI is InChI=1S/C9H7F3N2/c1-6-3-2-4-7(5-6)8(13-14-8)9(10,11)12/h2-5H,1H3. The summed E-state index contributed by atoms with van der Waals surface area (Å²) < 4.78 is 37.6. The van der Waals surface area contributed by atoms with Crippen molar-refractivity contribution in [1.82, 2.24) is 0 Å². The van der Waals surface area contributed by atoms with E-state index in [9.17, 15) is 13.2 Å². The van der Waals surface area contributed by atoms with E-state index in [1.165, 1.54) is 12.1 Å². The number of hydrogen-bond acceptors (Lipinski definition) is 2. The number of nitrogens with zero attached hydrogens (tertiary/aromatic N) is 2. The van der Waals surface area contributed by atoms with Gasteiger partial charge >= 0.3 is 11.8 Å². The van der Waals surface area contributed by atoms with Gasteiger partial charge in [0, 0.05) is 5.56 Å². The Kier molecular flexibility index (Phi) is 1.68. The Hall–Kier alpha value is -1.39. The summed E-state index contributed by atoms with van der Waals surface area (Å²) in [5.41, 5.74) is -1.42. The third-order valence-corrected chi connectivity index (χ3v) is 2.12. The van der Waals surface area contributed by atoms with Crippen LogP contribution in [0, 0.1) is 6.92 Å². The summed E-state index contributed by atoms with van der Waals surface area (Å²) in [7, 11) is 0. The second-order valence-corrected chi connectivity index (χ2v) is 3.24. The molecular formula is C9H7F3N2. The van der Waals surface area contributed by atoms with Crippen LogP contribution in [0.1, 0.15) is 11.1 Å². The number of aryl methyl sites for hydroxylation is 1. The lowest BCUT2D eigenvalue weighted by atomic mass is 10.0. The summed E-state index contributed by atoms with van der Waals surface area (Å²) >= 11 is 0. The number of halogens is 3. The average Bonchev–Trinajstić information content (AvgIpc) is 2.82. The maximum atomic E-state index is 12.5. The Bertz CT molecular complexity index is 389. The molecule has 2 rings (SSSR count). The number of rotatable bonds is 1. The number of hydrogen-bond donors (Lipinski definition) is 0. The molecule has 2 nitrogen and oxygen atoms in total. The molecule has 0 atom stereocenters. The van der Waals surface area contributed by atoms with Gasteiger partial charge in [-0.3, -0.25) is 0 Å². The first-order valence-electron chi connectivity index (χ1n) is 4.04. The molecule has 0 saturated heterocycles. The van der Waals surface area contributed by atoms with Crippen molar-refractivity contribution in [3.05, 3.63) is 35.4 Å². The minimum absolute atomic E-state index is 0.0880. The maximum Gasteiger partial charge on any atom is 0.442 e. The van der Waals surface area contributed by atoms with E-state index in [1.807, 2.05) is 0 Å². The predicted octanol–water partition coefficient (Wildman–Crippen LogP) is 3.18. The van der Waals surface area contributed by atoms with Gasteiger partial charge in [-0.2, -0.15) is 13.2 Å². The van der Waals surface area contributed by atoms with Gasteiger partial charge in [0.25, 0.3) is 0 Å². The molecule has 0 N–H and O–H groups in total. The molecular weight excluding hydrogens is 193 g/mol. The van der Waals surface area contributed by atoms with Gasteiger partial charge in [-0.25, -0.2) is 0 Å². The molecule has 1 aliphatic rings. The zero-order chi connectivity index (χ0) is 10.4.